The number of methoxy groups -OCH3 is 1. The lowest BCUT2D eigenvalue weighted by atomic mass is 10.2. The average molecular weight is 480 g/mol. The number of halogens is 1. The first-order valence-electron chi connectivity index (χ1n) is 9.03. The maximum atomic E-state index is 12.8. The van der Waals surface area contributed by atoms with Gasteiger partial charge in [0.2, 0.25) is 4.96 Å². The molecule has 148 valence electrons. The van der Waals surface area contributed by atoms with Crippen molar-refractivity contribution in [1.29, 1.82) is 0 Å². The number of hydrogen-bond acceptors (Lipinski definition) is 6. The molecule has 0 unspecified atom stereocenters. The van der Waals surface area contributed by atoms with Crippen LogP contribution in [-0.2, 0) is 0 Å². The fourth-order valence-electron chi connectivity index (χ4n) is 3.13. The molecule has 0 aliphatic carbocycles. The number of fused-ring (bicyclic) bond motifs is 1. The zero-order valence-corrected chi connectivity index (χ0v) is 18.1. The summed E-state index contributed by atoms with van der Waals surface area (Å²) in [7, 11) is 1.59. The Morgan fingerprint density at radius 3 is 2.80 bits per heavy atom. The molecule has 0 amide bonds. The Balaban J connectivity index is 1.53. The van der Waals surface area contributed by atoms with Gasteiger partial charge in [-0.1, -0.05) is 51.5 Å². The normalized spacial score (nSPS) is 12.0. The number of rotatable bonds is 4. The van der Waals surface area contributed by atoms with Crippen LogP contribution in [0.15, 0.2) is 74.3 Å². The van der Waals surface area contributed by atoms with Gasteiger partial charge in [0.15, 0.2) is 5.82 Å². The molecule has 30 heavy (non-hydrogen) atoms. The van der Waals surface area contributed by atoms with Crippen molar-refractivity contribution in [2.45, 2.75) is 0 Å². The minimum atomic E-state index is -0.232. The van der Waals surface area contributed by atoms with Crippen molar-refractivity contribution >= 4 is 38.3 Å². The third-order valence-electron chi connectivity index (χ3n) is 4.54. The molecule has 6 nitrogen and oxygen atoms in total. The molecular weight excluding hydrogens is 466 g/mol. The number of furan rings is 1. The van der Waals surface area contributed by atoms with Crippen LogP contribution in [-0.4, -0.2) is 21.7 Å². The van der Waals surface area contributed by atoms with Gasteiger partial charge >= 0.3 is 0 Å². The van der Waals surface area contributed by atoms with Crippen LogP contribution < -0.4 is 14.8 Å². The summed E-state index contributed by atoms with van der Waals surface area (Å²) in [6.07, 6.45) is 1.72. The molecule has 0 spiro atoms. The molecule has 2 aromatic carbocycles. The first-order chi connectivity index (χ1) is 14.6. The van der Waals surface area contributed by atoms with E-state index < -0.39 is 0 Å². The Labute approximate surface area is 183 Å². The third-order valence-corrected chi connectivity index (χ3v) is 5.99. The maximum absolute atomic E-state index is 12.8. The lowest BCUT2D eigenvalue weighted by molar-refractivity contribution is 0.416. The fraction of sp³-hybridized carbons (Fsp3) is 0.0455. The zero-order valence-electron chi connectivity index (χ0n) is 15.7. The topological polar surface area (TPSA) is 69.6 Å². The number of para-hydroxylation sites is 1. The Morgan fingerprint density at radius 1 is 1.13 bits per heavy atom. The summed E-state index contributed by atoms with van der Waals surface area (Å²) >= 11 is 4.73. The summed E-state index contributed by atoms with van der Waals surface area (Å²) in [4.78, 5) is 17.8. The number of thiazole rings is 1. The summed E-state index contributed by atoms with van der Waals surface area (Å²) in [5, 5.41) is 4.38. The van der Waals surface area contributed by atoms with Gasteiger partial charge in [0.05, 0.1) is 12.7 Å². The molecule has 0 saturated heterocycles. The molecule has 5 rings (SSSR count). The van der Waals surface area contributed by atoms with Gasteiger partial charge in [-0.2, -0.15) is 9.50 Å². The van der Waals surface area contributed by atoms with Crippen LogP contribution in [0.2, 0.25) is 0 Å². The molecule has 3 aromatic heterocycles. The van der Waals surface area contributed by atoms with E-state index in [0.717, 1.165) is 21.4 Å². The second-order valence-electron chi connectivity index (χ2n) is 6.46. The van der Waals surface area contributed by atoms with E-state index in [9.17, 15) is 4.79 Å². The maximum Gasteiger partial charge on any atom is 0.291 e. The SMILES string of the molecule is COc1ccccc1-c1nc2sc(=Cc3ccc(-c4cccc(Br)c4)o3)c(=O)n2n1. The van der Waals surface area contributed by atoms with Crippen LogP contribution in [0.3, 0.4) is 0 Å². The van der Waals surface area contributed by atoms with Crippen LogP contribution in [0.4, 0.5) is 0 Å². The van der Waals surface area contributed by atoms with Crippen LogP contribution in [0.1, 0.15) is 5.76 Å². The van der Waals surface area contributed by atoms with E-state index in [1.807, 2.05) is 60.7 Å². The smallest absolute Gasteiger partial charge is 0.291 e. The van der Waals surface area contributed by atoms with Crippen molar-refractivity contribution in [1.82, 2.24) is 14.6 Å². The highest BCUT2D eigenvalue weighted by atomic mass is 79.9. The van der Waals surface area contributed by atoms with E-state index >= 15 is 0 Å². The highest BCUT2D eigenvalue weighted by molar-refractivity contribution is 9.10. The number of aromatic nitrogens is 3. The van der Waals surface area contributed by atoms with Crippen LogP contribution in [0, 0.1) is 0 Å². The lowest BCUT2D eigenvalue weighted by Crippen LogP contribution is -2.23. The van der Waals surface area contributed by atoms with Gasteiger partial charge in [-0.3, -0.25) is 4.79 Å². The minimum absolute atomic E-state index is 0.232. The first-order valence-corrected chi connectivity index (χ1v) is 10.6. The Kier molecular flexibility index (Phi) is 4.72. The molecule has 0 saturated carbocycles. The fourth-order valence-corrected chi connectivity index (χ4v) is 4.42. The van der Waals surface area contributed by atoms with Crippen molar-refractivity contribution in [3.63, 3.8) is 0 Å². The van der Waals surface area contributed by atoms with E-state index in [2.05, 4.69) is 26.0 Å². The molecule has 8 heteroatoms. The molecule has 0 aliphatic rings. The Morgan fingerprint density at radius 2 is 2.00 bits per heavy atom. The molecule has 5 aromatic rings. The second kappa shape index (κ2) is 7.55. The summed E-state index contributed by atoms with van der Waals surface area (Å²) < 4.78 is 14.1. The number of nitrogens with zero attached hydrogens (tertiary/aromatic N) is 3. The second-order valence-corrected chi connectivity index (χ2v) is 8.38. The van der Waals surface area contributed by atoms with E-state index in [-0.39, 0.29) is 5.56 Å². The third kappa shape index (κ3) is 3.34. The molecule has 0 aliphatic heterocycles. The molecule has 3 heterocycles. The van der Waals surface area contributed by atoms with Crippen LogP contribution in [0.5, 0.6) is 5.75 Å². The highest BCUT2D eigenvalue weighted by Crippen LogP contribution is 2.27. The Bertz CT molecular complexity index is 1490. The quantitative estimate of drug-likeness (QED) is 0.382. The standard InChI is InChI=1S/C22H14BrN3O3S/c1-28-18-8-3-2-7-16(18)20-24-22-26(25-20)21(27)19(30-22)12-15-9-10-17(29-15)13-5-4-6-14(23)11-13/h2-12H,1H3. The summed E-state index contributed by atoms with van der Waals surface area (Å²) in [5.74, 6) is 2.44. The summed E-state index contributed by atoms with van der Waals surface area (Å²) in [6.45, 7) is 0. The van der Waals surface area contributed by atoms with Gasteiger partial charge in [-0.05, 0) is 36.4 Å². The van der Waals surface area contributed by atoms with Gasteiger partial charge in [-0.25, -0.2) is 0 Å². The van der Waals surface area contributed by atoms with Gasteiger partial charge in [0.1, 0.15) is 21.8 Å². The number of benzene rings is 2. The first kappa shape index (κ1) is 18.8. The highest BCUT2D eigenvalue weighted by Gasteiger charge is 2.15. The number of hydrogen-bond donors (Lipinski definition) is 0. The van der Waals surface area contributed by atoms with Crippen LogP contribution >= 0.6 is 27.3 Å². The van der Waals surface area contributed by atoms with Gasteiger partial charge in [0.25, 0.3) is 5.56 Å². The number of ether oxygens (including phenoxy) is 1. The minimum Gasteiger partial charge on any atom is -0.496 e. The summed E-state index contributed by atoms with van der Waals surface area (Å²) in [5.41, 5.74) is 1.46. The molecule has 0 radical (unpaired) electrons. The van der Waals surface area contributed by atoms with Crippen molar-refractivity contribution in [3.8, 4) is 28.5 Å². The Hall–Kier alpha value is -3.23. The van der Waals surface area contributed by atoms with Crippen molar-refractivity contribution in [2.75, 3.05) is 7.11 Å². The van der Waals surface area contributed by atoms with Crippen molar-refractivity contribution < 1.29 is 9.15 Å². The lowest BCUT2D eigenvalue weighted by Gasteiger charge is -2.03. The van der Waals surface area contributed by atoms with Gasteiger partial charge in [-0.15, -0.1) is 5.10 Å². The average Bonchev–Trinajstić information content (AvgIpc) is 3.46. The van der Waals surface area contributed by atoms with E-state index in [0.29, 0.717) is 26.8 Å². The van der Waals surface area contributed by atoms with Crippen molar-refractivity contribution in [3.05, 3.63) is 85.8 Å². The molecule has 0 bridgehead atoms. The monoisotopic (exact) mass is 479 g/mol. The van der Waals surface area contributed by atoms with Gasteiger partial charge < -0.3 is 9.15 Å². The molecule has 0 N–H and O–H groups in total. The molecular formula is C22H14BrN3O3S. The zero-order chi connectivity index (χ0) is 20.7. The largest absolute Gasteiger partial charge is 0.496 e. The predicted octanol–water partition coefficient (Wildman–Crippen LogP) is 4.40. The van der Waals surface area contributed by atoms with E-state index in [1.54, 1.807) is 13.2 Å². The van der Waals surface area contributed by atoms with Crippen molar-refractivity contribution in [2.24, 2.45) is 0 Å². The molecule has 0 atom stereocenters. The molecule has 0 fully saturated rings. The van der Waals surface area contributed by atoms with E-state index in [4.69, 9.17) is 9.15 Å². The van der Waals surface area contributed by atoms with Crippen LogP contribution in [0.25, 0.3) is 33.7 Å². The predicted molar refractivity (Wildman–Crippen MR) is 120 cm³/mol. The summed E-state index contributed by atoms with van der Waals surface area (Å²) in [6, 6.07) is 19.0. The van der Waals surface area contributed by atoms with E-state index in [1.165, 1.54) is 15.9 Å². The van der Waals surface area contributed by atoms with Gasteiger partial charge in [0, 0.05) is 16.1 Å².